The molecule has 0 aliphatic carbocycles. The highest BCUT2D eigenvalue weighted by Gasteiger charge is 2.47. The average molecular weight is 332 g/mol. The van der Waals surface area contributed by atoms with E-state index in [1.165, 1.54) is 0 Å². The summed E-state index contributed by atoms with van der Waals surface area (Å²) in [7, 11) is 0. The lowest BCUT2D eigenvalue weighted by atomic mass is 9.76. The van der Waals surface area contributed by atoms with E-state index < -0.39 is 5.97 Å². The van der Waals surface area contributed by atoms with Crippen molar-refractivity contribution in [3.05, 3.63) is 17.6 Å². The number of aromatic nitrogens is 2. The van der Waals surface area contributed by atoms with Crippen LogP contribution in [0.4, 0.5) is 5.82 Å². The van der Waals surface area contributed by atoms with Gasteiger partial charge in [0.2, 0.25) is 0 Å². The maximum Gasteiger partial charge on any atom is 0.320 e. The largest absolute Gasteiger partial charge is 0.480 e. The maximum atomic E-state index is 11.6. The van der Waals surface area contributed by atoms with Crippen LogP contribution in [0, 0.1) is 19.3 Å². The first-order valence-electron chi connectivity index (χ1n) is 8.96. The Morgan fingerprint density at radius 1 is 1.33 bits per heavy atom. The summed E-state index contributed by atoms with van der Waals surface area (Å²) < 4.78 is 0. The smallest absolute Gasteiger partial charge is 0.320 e. The minimum absolute atomic E-state index is 0.157. The Bertz CT molecular complexity index is 611. The fourth-order valence-electron chi connectivity index (χ4n) is 4.31. The summed E-state index contributed by atoms with van der Waals surface area (Å²) in [5.74, 6) is 0.376. The van der Waals surface area contributed by atoms with Gasteiger partial charge in [0.25, 0.3) is 0 Å². The predicted molar refractivity (Wildman–Crippen MR) is 93.3 cm³/mol. The lowest BCUT2D eigenvalue weighted by molar-refractivity contribution is -0.142. The number of likely N-dealkylation sites (tertiary alicyclic amines) is 1. The second kappa shape index (κ2) is 6.67. The van der Waals surface area contributed by atoms with Crippen molar-refractivity contribution in [3.63, 3.8) is 0 Å². The molecule has 2 fully saturated rings. The summed E-state index contributed by atoms with van der Waals surface area (Å²) in [6.45, 7) is 9.91. The van der Waals surface area contributed by atoms with Crippen molar-refractivity contribution in [3.8, 4) is 0 Å². The van der Waals surface area contributed by atoms with Crippen LogP contribution in [0.1, 0.15) is 43.9 Å². The Labute approximate surface area is 143 Å². The molecule has 3 heterocycles. The van der Waals surface area contributed by atoms with Gasteiger partial charge in [-0.15, -0.1) is 0 Å². The third-order valence-corrected chi connectivity index (χ3v) is 5.83. The molecule has 2 aliphatic rings. The third-order valence-electron chi connectivity index (χ3n) is 5.83. The molecule has 0 amide bonds. The molecular weight excluding hydrogens is 304 g/mol. The third kappa shape index (κ3) is 3.11. The van der Waals surface area contributed by atoms with Crippen molar-refractivity contribution < 1.29 is 9.90 Å². The van der Waals surface area contributed by atoms with Gasteiger partial charge in [-0.2, -0.15) is 0 Å². The van der Waals surface area contributed by atoms with E-state index in [0.29, 0.717) is 0 Å². The molecule has 1 aromatic heterocycles. The quantitative estimate of drug-likeness (QED) is 0.912. The standard InChI is InChI=1S/C18H28N4O2/c1-4-7-22-11-18(10-15(22)17(23)24)5-8-21(9-6-18)16-13(2)14(3)19-12-20-16/h12,15H,4-11H2,1-3H3,(H,23,24). The van der Waals surface area contributed by atoms with E-state index in [0.717, 1.165) is 68.9 Å². The molecule has 6 heteroatoms. The number of piperidine rings is 1. The Hall–Kier alpha value is -1.69. The van der Waals surface area contributed by atoms with Crippen molar-refractivity contribution in [2.45, 2.75) is 52.5 Å². The van der Waals surface area contributed by atoms with Gasteiger partial charge in [0.15, 0.2) is 0 Å². The van der Waals surface area contributed by atoms with Gasteiger partial charge in [0.1, 0.15) is 18.2 Å². The van der Waals surface area contributed by atoms with Gasteiger partial charge < -0.3 is 10.0 Å². The second-order valence-electron chi connectivity index (χ2n) is 7.42. The summed E-state index contributed by atoms with van der Waals surface area (Å²) in [6, 6.07) is -0.306. The van der Waals surface area contributed by atoms with Crippen LogP contribution in [-0.2, 0) is 4.79 Å². The van der Waals surface area contributed by atoms with Crippen LogP contribution in [0.25, 0.3) is 0 Å². The summed E-state index contributed by atoms with van der Waals surface area (Å²) in [5, 5.41) is 9.55. The van der Waals surface area contributed by atoms with Gasteiger partial charge in [-0.25, -0.2) is 9.97 Å². The Balaban J connectivity index is 1.70. The zero-order chi connectivity index (χ0) is 17.3. The number of carbonyl (C=O) groups is 1. The minimum atomic E-state index is -0.662. The number of hydrogen-bond donors (Lipinski definition) is 1. The molecule has 1 aromatic rings. The average Bonchev–Trinajstić information content (AvgIpc) is 2.90. The number of nitrogens with zero attached hydrogens (tertiary/aromatic N) is 4. The molecule has 1 spiro atoms. The second-order valence-corrected chi connectivity index (χ2v) is 7.42. The fourth-order valence-corrected chi connectivity index (χ4v) is 4.31. The number of aryl methyl sites for hydroxylation is 1. The topological polar surface area (TPSA) is 69.6 Å². The summed E-state index contributed by atoms with van der Waals surface area (Å²) in [6.07, 6.45) is 5.52. The van der Waals surface area contributed by atoms with Gasteiger partial charge in [-0.05, 0) is 51.5 Å². The van der Waals surface area contributed by atoms with Crippen LogP contribution in [0.2, 0.25) is 0 Å². The van der Waals surface area contributed by atoms with E-state index in [-0.39, 0.29) is 11.5 Å². The van der Waals surface area contributed by atoms with E-state index >= 15 is 0 Å². The van der Waals surface area contributed by atoms with E-state index in [2.05, 4.69) is 33.6 Å². The fraction of sp³-hybridized carbons (Fsp3) is 0.722. The van der Waals surface area contributed by atoms with Crippen molar-refractivity contribution in [2.24, 2.45) is 5.41 Å². The Kier molecular flexibility index (Phi) is 4.76. The van der Waals surface area contributed by atoms with Crippen molar-refractivity contribution in [1.29, 1.82) is 0 Å². The van der Waals surface area contributed by atoms with Crippen molar-refractivity contribution in [2.75, 3.05) is 31.1 Å². The molecule has 24 heavy (non-hydrogen) atoms. The lowest BCUT2D eigenvalue weighted by Crippen LogP contribution is -2.42. The first kappa shape index (κ1) is 17.1. The van der Waals surface area contributed by atoms with Gasteiger partial charge in [0.05, 0.1) is 0 Å². The molecule has 132 valence electrons. The van der Waals surface area contributed by atoms with Crippen molar-refractivity contribution >= 4 is 11.8 Å². The van der Waals surface area contributed by atoms with E-state index in [1.54, 1.807) is 6.33 Å². The van der Waals surface area contributed by atoms with Crippen LogP contribution in [0.3, 0.4) is 0 Å². The first-order valence-corrected chi connectivity index (χ1v) is 8.96. The Morgan fingerprint density at radius 2 is 2.04 bits per heavy atom. The molecule has 3 rings (SSSR count). The Morgan fingerprint density at radius 3 is 2.67 bits per heavy atom. The highest BCUT2D eigenvalue weighted by molar-refractivity contribution is 5.74. The molecule has 1 unspecified atom stereocenters. The summed E-state index contributed by atoms with van der Waals surface area (Å²) in [4.78, 5) is 24.9. The van der Waals surface area contributed by atoms with Gasteiger partial charge in [0, 0.05) is 30.9 Å². The van der Waals surface area contributed by atoms with Gasteiger partial charge >= 0.3 is 5.97 Å². The zero-order valence-corrected chi connectivity index (χ0v) is 15.0. The van der Waals surface area contributed by atoms with Crippen LogP contribution in [0.15, 0.2) is 6.33 Å². The molecule has 0 saturated carbocycles. The molecular formula is C18H28N4O2. The minimum Gasteiger partial charge on any atom is -0.480 e. The first-order chi connectivity index (χ1) is 11.5. The molecule has 0 aromatic carbocycles. The molecule has 6 nitrogen and oxygen atoms in total. The molecule has 0 radical (unpaired) electrons. The number of carboxylic acid groups (broad SMARTS) is 1. The number of aliphatic carboxylic acids is 1. The molecule has 2 aliphatic heterocycles. The summed E-state index contributed by atoms with van der Waals surface area (Å²) >= 11 is 0. The number of carboxylic acids is 1. The van der Waals surface area contributed by atoms with Crippen LogP contribution in [-0.4, -0.2) is 58.2 Å². The van der Waals surface area contributed by atoms with Crippen LogP contribution < -0.4 is 4.90 Å². The van der Waals surface area contributed by atoms with Gasteiger partial charge in [-0.3, -0.25) is 9.69 Å². The number of anilines is 1. The number of hydrogen-bond acceptors (Lipinski definition) is 5. The zero-order valence-electron chi connectivity index (χ0n) is 15.0. The monoisotopic (exact) mass is 332 g/mol. The highest BCUT2D eigenvalue weighted by Crippen LogP contribution is 2.44. The maximum absolute atomic E-state index is 11.6. The highest BCUT2D eigenvalue weighted by atomic mass is 16.4. The van der Waals surface area contributed by atoms with Gasteiger partial charge in [-0.1, -0.05) is 6.92 Å². The van der Waals surface area contributed by atoms with E-state index in [9.17, 15) is 9.90 Å². The van der Waals surface area contributed by atoms with E-state index in [4.69, 9.17) is 0 Å². The molecule has 0 bridgehead atoms. The summed E-state index contributed by atoms with van der Waals surface area (Å²) in [5.41, 5.74) is 2.34. The molecule has 1 N–H and O–H groups in total. The van der Waals surface area contributed by atoms with Crippen LogP contribution >= 0.6 is 0 Å². The lowest BCUT2D eigenvalue weighted by Gasteiger charge is -2.40. The predicted octanol–water partition coefficient (Wildman–Crippen LogP) is 2.25. The van der Waals surface area contributed by atoms with Crippen molar-refractivity contribution in [1.82, 2.24) is 14.9 Å². The van der Waals surface area contributed by atoms with E-state index in [1.807, 2.05) is 6.92 Å². The molecule has 2 saturated heterocycles. The SMILES string of the molecule is CCCN1CC2(CCN(c3ncnc(C)c3C)CC2)CC1C(=O)O. The molecule has 1 atom stereocenters. The normalized spacial score (nSPS) is 23.8. The van der Waals surface area contributed by atoms with Crippen LogP contribution in [0.5, 0.6) is 0 Å². The number of rotatable bonds is 4.